The maximum absolute atomic E-state index is 13.1. The fourth-order valence-electron chi connectivity index (χ4n) is 5.02. The van der Waals surface area contributed by atoms with Gasteiger partial charge < -0.3 is 9.64 Å². The predicted octanol–water partition coefficient (Wildman–Crippen LogP) is 6.27. The number of carbonyl (C=O) groups excluding carboxylic acids is 2. The van der Waals surface area contributed by atoms with Gasteiger partial charge in [0.15, 0.2) is 5.69 Å². The first-order valence-corrected chi connectivity index (χ1v) is 12.7. The fourth-order valence-corrected chi connectivity index (χ4v) is 5.02. The summed E-state index contributed by atoms with van der Waals surface area (Å²) in [5.41, 5.74) is 3.38. The standard InChI is InChI=1S/C30H31N3O3/c1-3-36-30(35)27-20-28(24-14-13-21-9-7-8-10-23(21)19-24)33(31-27)26-17-15-22(16-18-26)29(34)32(2)25-11-5-4-6-12-25/h7-10,13-20,25H,3-6,11-12H2,1-2H3. The third kappa shape index (κ3) is 4.76. The quantitative estimate of drug-likeness (QED) is 0.304. The molecule has 5 rings (SSSR count). The monoisotopic (exact) mass is 481 g/mol. The van der Waals surface area contributed by atoms with E-state index >= 15 is 0 Å². The van der Waals surface area contributed by atoms with Crippen molar-refractivity contribution >= 4 is 22.6 Å². The van der Waals surface area contributed by atoms with E-state index in [0.717, 1.165) is 40.6 Å². The third-order valence-electron chi connectivity index (χ3n) is 7.04. The van der Waals surface area contributed by atoms with Gasteiger partial charge in [0.25, 0.3) is 5.91 Å². The second-order valence-electron chi connectivity index (χ2n) is 9.36. The summed E-state index contributed by atoms with van der Waals surface area (Å²) in [6.45, 7) is 2.06. The summed E-state index contributed by atoms with van der Waals surface area (Å²) in [6, 6.07) is 23.9. The summed E-state index contributed by atoms with van der Waals surface area (Å²) >= 11 is 0. The van der Waals surface area contributed by atoms with Gasteiger partial charge in [-0.05, 0) is 66.9 Å². The Hall–Kier alpha value is -3.93. The minimum Gasteiger partial charge on any atom is -0.461 e. The minimum absolute atomic E-state index is 0.0379. The molecule has 0 N–H and O–H groups in total. The lowest BCUT2D eigenvalue weighted by Crippen LogP contribution is -2.38. The molecule has 3 aromatic carbocycles. The van der Waals surface area contributed by atoms with Crippen LogP contribution in [0.2, 0.25) is 0 Å². The molecule has 0 radical (unpaired) electrons. The van der Waals surface area contributed by atoms with Gasteiger partial charge in [0, 0.05) is 24.2 Å². The SMILES string of the molecule is CCOC(=O)c1cc(-c2ccc3ccccc3c2)n(-c2ccc(C(=O)N(C)C3CCCCC3)cc2)n1. The highest BCUT2D eigenvalue weighted by molar-refractivity contribution is 5.94. The van der Waals surface area contributed by atoms with Crippen LogP contribution in [0, 0.1) is 0 Å². The first-order chi connectivity index (χ1) is 17.5. The number of aromatic nitrogens is 2. The summed E-state index contributed by atoms with van der Waals surface area (Å²) in [7, 11) is 1.91. The van der Waals surface area contributed by atoms with Crippen LogP contribution in [0.3, 0.4) is 0 Å². The molecule has 36 heavy (non-hydrogen) atoms. The van der Waals surface area contributed by atoms with Crippen molar-refractivity contribution in [2.75, 3.05) is 13.7 Å². The average Bonchev–Trinajstić information content (AvgIpc) is 3.38. The first-order valence-electron chi connectivity index (χ1n) is 12.7. The molecule has 0 bridgehead atoms. The second-order valence-corrected chi connectivity index (χ2v) is 9.36. The zero-order valence-corrected chi connectivity index (χ0v) is 20.8. The zero-order chi connectivity index (χ0) is 25.1. The van der Waals surface area contributed by atoms with E-state index in [1.165, 1.54) is 19.3 Å². The number of hydrogen-bond acceptors (Lipinski definition) is 4. The topological polar surface area (TPSA) is 64.4 Å². The Bertz CT molecular complexity index is 1380. The van der Waals surface area contributed by atoms with Crippen molar-refractivity contribution in [3.63, 3.8) is 0 Å². The van der Waals surface area contributed by atoms with E-state index in [4.69, 9.17) is 4.74 Å². The maximum Gasteiger partial charge on any atom is 0.358 e. The van der Waals surface area contributed by atoms with Crippen molar-refractivity contribution < 1.29 is 14.3 Å². The molecule has 0 unspecified atom stereocenters. The van der Waals surface area contributed by atoms with Crippen molar-refractivity contribution in [2.24, 2.45) is 0 Å². The number of carbonyl (C=O) groups is 2. The van der Waals surface area contributed by atoms with Gasteiger partial charge in [-0.25, -0.2) is 9.48 Å². The van der Waals surface area contributed by atoms with Gasteiger partial charge in [0.05, 0.1) is 18.0 Å². The average molecular weight is 482 g/mol. The zero-order valence-electron chi connectivity index (χ0n) is 20.8. The Labute approximate surface area is 211 Å². The molecule has 6 nitrogen and oxygen atoms in total. The number of hydrogen-bond donors (Lipinski definition) is 0. The summed E-state index contributed by atoms with van der Waals surface area (Å²) in [5.74, 6) is -0.421. The lowest BCUT2D eigenvalue weighted by Gasteiger charge is -2.31. The molecule has 1 aromatic heterocycles. The number of fused-ring (bicyclic) bond motifs is 1. The molecule has 4 aromatic rings. The molecule has 1 heterocycles. The molecule has 1 saturated carbocycles. The highest BCUT2D eigenvalue weighted by atomic mass is 16.5. The normalized spacial score (nSPS) is 14.1. The Balaban J connectivity index is 1.49. The van der Waals surface area contributed by atoms with Crippen molar-refractivity contribution in [2.45, 2.75) is 45.1 Å². The van der Waals surface area contributed by atoms with Crippen LogP contribution in [-0.4, -0.2) is 46.3 Å². The van der Waals surface area contributed by atoms with Gasteiger partial charge in [0.1, 0.15) is 0 Å². The molecule has 6 heteroatoms. The van der Waals surface area contributed by atoms with E-state index in [2.05, 4.69) is 29.4 Å². The van der Waals surface area contributed by atoms with Crippen LogP contribution in [0.4, 0.5) is 0 Å². The van der Waals surface area contributed by atoms with E-state index in [-0.39, 0.29) is 18.2 Å². The summed E-state index contributed by atoms with van der Waals surface area (Å²) < 4.78 is 6.95. The number of nitrogens with zero attached hydrogens (tertiary/aromatic N) is 3. The minimum atomic E-state index is -0.459. The molecule has 0 atom stereocenters. The third-order valence-corrected chi connectivity index (χ3v) is 7.04. The molecular formula is C30H31N3O3. The van der Waals surface area contributed by atoms with Crippen LogP contribution >= 0.6 is 0 Å². The Morgan fingerprint density at radius 3 is 2.39 bits per heavy atom. The van der Waals surface area contributed by atoms with E-state index in [1.807, 2.05) is 54.4 Å². The number of benzene rings is 3. The predicted molar refractivity (Wildman–Crippen MR) is 141 cm³/mol. The van der Waals surface area contributed by atoms with Crippen molar-refractivity contribution in [1.29, 1.82) is 0 Å². The van der Waals surface area contributed by atoms with E-state index < -0.39 is 5.97 Å². The van der Waals surface area contributed by atoms with Gasteiger partial charge in [-0.2, -0.15) is 5.10 Å². The van der Waals surface area contributed by atoms with Crippen LogP contribution in [0.15, 0.2) is 72.8 Å². The lowest BCUT2D eigenvalue weighted by molar-refractivity contribution is 0.0518. The highest BCUT2D eigenvalue weighted by Crippen LogP contribution is 2.28. The number of rotatable bonds is 6. The Morgan fingerprint density at radius 1 is 0.944 bits per heavy atom. The molecule has 1 fully saturated rings. The summed E-state index contributed by atoms with van der Waals surface area (Å²) in [4.78, 5) is 27.5. The summed E-state index contributed by atoms with van der Waals surface area (Å²) in [5, 5.41) is 6.83. The van der Waals surface area contributed by atoms with Crippen LogP contribution in [0.5, 0.6) is 0 Å². The molecular weight excluding hydrogens is 450 g/mol. The Morgan fingerprint density at radius 2 is 1.67 bits per heavy atom. The molecule has 0 aliphatic heterocycles. The molecule has 1 aliphatic carbocycles. The highest BCUT2D eigenvalue weighted by Gasteiger charge is 2.23. The molecule has 0 saturated heterocycles. The van der Waals surface area contributed by atoms with Crippen LogP contribution in [0.25, 0.3) is 27.7 Å². The number of amides is 1. The Kier molecular flexibility index (Phi) is 6.85. The van der Waals surface area contributed by atoms with Crippen LogP contribution < -0.4 is 0 Å². The largest absolute Gasteiger partial charge is 0.461 e. The smallest absolute Gasteiger partial charge is 0.358 e. The van der Waals surface area contributed by atoms with Crippen LogP contribution in [0.1, 0.15) is 59.9 Å². The van der Waals surface area contributed by atoms with E-state index in [9.17, 15) is 9.59 Å². The molecule has 1 aliphatic rings. The first kappa shape index (κ1) is 23.8. The molecule has 184 valence electrons. The van der Waals surface area contributed by atoms with Gasteiger partial charge in [-0.1, -0.05) is 55.7 Å². The van der Waals surface area contributed by atoms with E-state index in [0.29, 0.717) is 11.6 Å². The van der Waals surface area contributed by atoms with Crippen molar-refractivity contribution in [1.82, 2.24) is 14.7 Å². The number of esters is 1. The lowest BCUT2D eigenvalue weighted by atomic mass is 9.94. The number of ether oxygens (including phenoxy) is 1. The van der Waals surface area contributed by atoms with Crippen molar-refractivity contribution in [3.8, 4) is 16.9 Å². The van der Waals surface area contributed by atoms with Gasteiger partial charge >= 0.3 is 5.97 Å². The summed E-state index contributed by atoms with van der Waals surface area (Å²) in [6.07, 6.45) is 5.75. The molecule has 1 amide bonds. The van der Waals surface area contributed by atoms with Crippen LogP contribution in [-0.2, 0) is 4.74 Å². The fraction of sp³-hybridized carbons (Fsp3) is 0.300. The van der Waals surface area contributed by atoms with Gasteiger partial charge in [-0.3, -0.25) is 4.79 Å². The van der Waals surface area contributed by atoms with Gasteiger partial charge in [-0.15, -0.1) is 0 Å². The van der Waals surface area contributed by atoms with E-state index in [1.54, 1.807) is 17.7 Å². The molecule has 0 spiro atoms. The second kappa shape index (κ2) is 10.4. The van der Waals surface area contributed by atoms with Crippen molar-refractivity contribution in [3.05, 3.63) is 84.1 Å². The van der Waals surface area contributed by atoms with Gasteiger partial charge in [0.2, 0.25) is 0 Å². The maximum atomic E-state index is 13.1.